The number of halogens is 1. The minimum Gasteiger partial charge on any atom is -0.378 e. The van der Waals surface area contributed by atoms with Crippen LogP contribution in [0.25, 0.3) is 11.1 Å². The highest BCUT2D eigenvalue weighted by molar-refractivity contribution is 6.35. The standard InChI is InChI=1S/C27H30ClN7O/c1-34(2)22-7-5-6-20(18-22)19-9-11-21(12-10-19)31-26-24(25(28)32-27(29)33-26)23(36)8-3-4-15-35-16-13-30-14-17-35/h5-7,9-12,18,30H,4,13-17H2,1-2H3,(H3,29,31,32,33). The van der Waals surface area contributed by atoms with Crippen molar-refractivity contribution in [1.82, 2.24) is 20.2 Å². The molecule has 1 aliphatic rings. The quantitative estimate of drug-likeness (QED) is 0.194. The minimum atomic E-state index is -0.445. The molecule has 36 heavy (non-hydrogen) atoms. The largest absolute Gasteiger partial charge is 0.378 e. The fraction of sp³-hybridized carbons (Fsp3) is 0.296. The predicted octanol–water partition coefficient (Wildman–Crippen LogP) is 3.67. The summed E-state index contributed by atoms with van der Waals surface area (Å²) < 4.78 is 0. The van der Waals surface area contributed by atoms with Crippen LogP contribution in [0.2, 0.25) is 5.15 Å². The lowest BCUT2D eigenvalue weighted by molar-refractivity contribution is 0.105. The smallest absolute Gasteiger partial charge is 0.242 e. The topological polar surface area (TPSA) is 99.4 Å². The number of ketones is 1. The van der Waals surface area contributed by atoms with Crippen LogP contribution < -0.4 is 21.3 Å². The molecule has 0 aliphatic carbocycles. The molecule has 3 aromatic rings. The molecule has 186 valence electrons. The van der Waals surface area contributed by atoms with Gasteiger partial charge in [-0.25, -0.2) is 4.98 Å². The van der Waals surface area contributed by atoms with Crippen molar-refractivity contribution in [3.8, 4) is 23.0 Å². The number of hydrogen-bond acceptors (Lipinski definition) is 8. The summed E-state index contributed by atoms with van der Waals surface area (Å²) in [5.41, 5.74) is 9.96. The summed E-state index contributed by atoms with van der Waals surface area (Å²) >= 11 is 6.30. The maximum absolute atomic E-state index is 12.9. The molecule has 0 radical (unpaired) electrons. The first-order valence-electron chi connectivity index (χ1n) is 11.8. The fourth-order valence-electron chi connectivity index (χ4n) is 3.94. The summed E-state index contributed by atoms with van der Waals surface area (Å²) in [6.07, 6.45) is 0.596. The van der Waals surface area contributed by atoms with Gasteiger partial charge < -0.3 is 21.3 Å². The second-order valence-electron chi connectivity index (χ2n) is 8.72. The van der Waals surface area contributed by atoms with Gasteiger partial charge in [0.1, 0.15) is 16.5 Å². The molecule has 0 bridgehead atoms. The van der Waals surface area contributed by atoms with Crippen LogP contribution in [-0.2, 0) is 0 Å². The van der Waals surface area contributed by atoms with E-state index in [4.69, 9.17) is 17.3 Å². The summed E-state index contributed by atoms with van der Waals surface area (Å²) in [7, 11) is 4.03. The van der Waals surface area contributed by atoms with E-state index in [9.17, 15) is 4.79 Å². The van der Waals surface area contributed by atoms with Crippen LogP contribution in [0, 0.1) is 11.8 Å². The van der Waals surface area contributed by atoms with E-state index in [0.717, 1.165) is 55.2 Å². The van der Waals surface area contributed by atoms with Crippen molar-refractivity contribution >= 4 is 40.5 Å². The van der Waals surface area contributed by atoms with Crippen LogP contribution in [-0.4, -0.2) is 67.5 Å². The van der Waals surface area contributed by atoms with Crippen molar-refractivity contribution in [2.75, 3.05) is 62.8 Å². The van der Waals surface area contributed by atoms with Crippen LogP contribution in [0.5, 0.6) is 0 Å². The second kappa shape index (κ2) is 11.9. The van der Waals surface area contributed by atoms with Crippen LogP contribution in [0.3, 0.4) is 0 Å². The molecule has 1 fully saturated rings. The number of piperazine rings is 1. The molecular formula is C27H30ClN7O. The van der Waals surface area contributed by atoms with Crippen molar-refractivity contribution in [2.24, 2.45) is 0 Å². The van der Waals surface area contributed by atoms with Gasteiger partial charge >= 0.3 is 0 Å². The van der Waals surface area contributed by atoms with E-state index in [1.54, 1.807) is 0 Å². The van der Waals surface area contributed by atoms with Gasteiger partial charge in [0.05, 0.1) is 0 Å². The Morgan fingerprint density at radius 2 is 1.89 bits per heavy atom. The lowest BCUT2D eigenvalue weighted by atomic mass is 10.0. The number of nitrogens with one attached hydrogen (secondary N) is 2. The van der Waals surface area contributed by atoms with Crippen LogP contribution in [0.4, 0.5) is 23.1 Å². The van der Waals surface area contributed by atoms with E-state index in [0.29, 0.717) is 6.42 Å². The third kappa shape index (κ3) is 6.52. The number of benzene rings is 2. The lowest BCUT2D eigenvalue weighted by Gasteiger charge is -2.26. The van der Waals surface area contributed by atoms with E-state index >= 15 is 0 Å². The molecule has 9 heteroatoms. The Bertz CT molecular complexity index is 1280. The third-order valence-corrected chi connectivity index (χ3v) is 6.19. The van der Waals surface area contributed by atoms with Crippen molar-refractivity contribution in [1.29, 1.82) is 0 Å². The SMILES string of the molecule is CN(C)c1cccc(-c2ccc(Nc3nc(N)nc(Cl)c3C(=O)C#CCCN3CCNCC3)cc2)c1. The van der Waals surface area contributed by atoms with E-state index in [1.807, 2.05) is 44.4 Å². The Hall–Kier alpha value is -3.64. The zero-order valence-corrected chi connectivity index (χ0v) is 21.3. The maximum atomic E-state index is 12.9. The summed E-state index contributed by atoms with van der Waals surface area (Å²) in [5.74, 6) is 5.42. The number of aromatic nitrogens is 2. The Labute approximate surface area is 216 Å². The van der Waals surface area contributed by atoms with Gasteiger partial charge in [0.2, 0.25) is 11.7 Å². The van der Waals surface area contributed by atoms with E-state index in [1.165, 1.54) is 0 Å². The first kappa shape index (κ1) is 25.5. The van der Waals surface area contributed by atoms with Gasteiger partial charge in [-0.15, -0.1) is 0 Å². The number of rotatable bonds is 7. The summed E-state index contributed by atoms with van der Waals surface area (Å²) in [6.45, 7) is 4.75. The number of anilines is 4. The molecule has 4 N–H and O–H groups in total. The Balaban J connectivity index is 1.49. The normalized spacial score (nSPS) is 13.5. The monoisotopic (exact) mass is 503 g/mol. The number of nitrogen functional groups attached to an aromatic ring is 1. The zero-order chi connectivity index (χ0) is 25.5. The molecule has 2 heterocycles. The average molecular weight is 504 g/mol. The highest BCUT2D eigenvalue weighted by Gasteiger charge is 2.19. The molecule has 0 amide bonds. The number of hydrogen-bond donors (Lipinski definition) is 3. The van der Waals surface area contributed by atoms with Gasteiger partial charge in [-0.3, -0.25) is 9.69 Å². The number of carbonyl (C=O) groups excluding carboxylic acids is 1. The fourth-order valence-corrected chi connectivity index (χ4v) is 4.20. The van der Waals surface area contributed by atoms with Gasteiger partial charge in [-0.2, -0.15) is 4.98 Å². The van der Waals surface area contributed by atoms with Gasteiger partial charge in [0.15, 0.2) is 0 Å². The van der Waals surface area contributed by atoms with Gasteiger partial charge in [0.25, 0.3) is 0 Å². The highest BCUT2D eigenvalue weighted by atomic mass is 35.5. The van der Waals surface area contributed by atoms with Crippen molar-refractivity contribution in [3.05, 3.63) is 59.2 Å². The third-order valence-electron chi connectivity index (χ3n) is 5.92. The summed E-state index contributed by atoms with van der Waals surface area (Å²) in [4.78, 5) is 25.5. The molecule has 4 rings (SSSR count). The van der Waals surface area contributed by atoms with E-state index < -0.39 is 5.78 Å². The Kier molecular flexibility index (Phi) is 8.39. The first-order valence-corrected chi connectivity index (χ1v) is 12.2. The van der Waals surface area contributed by atoms with Crippen LogP contribution in [0.15, 0.2) is 48.5 Å². The summed E-state index contributed by atoms with van der Waals surface area (Å²) in [5, 5.41) is 6.45. The molecular weight excluding hydrogens is 474 g/mol. The van der Waals surface area contributed by atoms with E-state index in [-0.39, 0.29) is 22.5 Å². The molecule has 0 unspecified atom stereocenters. The first-order chi connectivity index (χ1) is 17.4. The van der Waals surface area contributed by atoms with Crippen molar-refractivity contribution in [3.63, 3.8) is 0 Å². The molecule has 1 aliphatic heterocycles. The minimum absolute atomic E-state index is 0.0245. The second-order valence-corrected chi connectivity index (χ2v) is 9.07. The van der Waals surface area contributed by atoms with Gasteiger partial charge in [-0.05, 0) is 41.3 Å². The number of nitrogens with two attached hydrogens (primary N) is 1. The van der Waals surface area contributed by atoms with Crippen molar-refractivity contribution < 1.29 is 4.79 Å². The molecule has 1 aromatic heterocycles. The predicted molar refractivity (Wildman–Crippen MR) is 147 cm³/mol. The number of nitrogens with zero attached hydrogens (tertiary/aromatic N) is 4. The molecule has 2 aromatic carbocycles. The van der Waals surface area contributed by atoms with Gasteiger partial charge in [-0.1, -0.05) is 41.8 Å². The molecule has 0 saturated carbocycles. The van der Waals surface area contributed by atoms with Crippen molar-refractivity contribution in [2.45, 2.75) is 6.42 Å². The maximum Gasteiger partial charge on any atom is 0.242 e. The average Bonchev–Trinajstić information content (AvgIpc) is 2.87. The molecule has 8 nitrogen and oxygen atoms in total. The van der Waals surface area contributed by atoms with E-state index in [2.05, 4.69) is 60.4 Å². The number of Topliss-reactive ketones (excluding diaryl/α,β-unsaturated/α-hetero) is 1. The number of carbonyl (C=O) groups is 1. The summed E-state index contributed by atoms with van der Waals surface area (Å²) in [6, 6.07) is 16.1. The Morgan fingerprint density at radius 1 is 1.14 bits per heavy atom. The Morgan fingerprint density at radius 3 is 2.61 bits per heavy atom. The molecule has 0 atom stereocenters. The molecule has 0 spiro atoms. The zero-order valence-electron chi connectivity index (χ0n) is 20.5. The van der Waals surface area contributed by atoms with Crippen LogP contribution in [0.1, 0.15) is 16.8 Å². The highest BCUT2D eigenvalue weighted by Crippen LogP contribution is 2.28. The van der Waals surface area contributed by atoms with Crippen LogP contribution >= 0.6 is 11.6 Å². The van der Waals surface area contributed by atoms with Gasteiger partial charge in [0, 0.05) is 64.6 Å². The molecule has 1 saturated heterocycles. The lowest BCUT2D eigenvalue weighted by Crippen LogP contribution is -2.43.